The molecule has 6 atom stereocenters. The van der Waals surface area contributed by atoms with E-state index in [0.29, 0.717) is 37.1 Å². The molecule has 0 saturated carbocycles. The minimum atomic E-state index is -1.05. The molecule has 3 fully saturated rings. The molecule has 5 heterocycles. The van der Waals surface area contributed by atoms with Crippen molar-refractivity contribution in [2.75, 3.05) is 18.4 Å². The van der Waals surface area contributed by atoms with Gasteiger partial charge in [0.2, 0.25) is 0 Å². The number of nitrogens with zero attached hydrogens (tertiary/aromatic N) is 5. The van der Waals surface area contributed by atoms with Crippen LogP contribution in [0.3, 0.4) is 0 Å². The second-order valence-corrected chi connectivity index (χ2v) is 12.4. The van der Waals surface area contributed by atoms with Crippen LogP contribution in [0.5, 0.6) is 0 Å². The molecule has 8 rings (SSSR count). The van der Waals surface area contributed by atoms with Crippen LogP contribution in [0.15, 0.2) is 85.5 Å². The van der Waals surface area contributed by atoms with Crippen LogP contribution >= 0.6 is 0 Å². The predicted molar refractivity (Wildman–Crippen MR) is 175 cm³/mol. The number of urea groups is 1. The highest BCUT2D eigenvalue weighted by Crippen LogP contribution is 2.45. The molecule has 2 aromatic heterocycles. The minimum Gasteiger partial charge on any atom is -0.480 e. The van der Waals surface area contributed by atoms with E-state index in [1.807, 2.05) is 72.8 Å². The van der Waals surface area contributed by atoms with Crippen molar-refractivity contribution in [1.29, 1.82) is 0 Å². The van der Waals surface area contributed by atoms with Gasteiger partial charge in [0.25, 0.3) is 0 Å². The third kappa shape index (κ3) is 5.99. The van der Waals surface area contributed by atoms with Gasteiger partial charge in [-0.1, -0.05) is 66.7 Å². The summed E-state index contributed by atoms with van der Waals surface area (Å²) in [5, 5.41) is 17.3. The number of hydrogen-bond donors (Lipinski definition) is 3. The first kappa shape index (κ1) is 31.0. The number of benzene rings is 3. The van der Waals surface area contributed by atoms with E-state index in [1.165, 1.54) is 12.7 Å². The van der Waals surface area contributed by atoms with Crippen molar-refractivity contribution in [3.8, 4) is 0 Å². The van der Waals surface area contributed by atoms with Crippen LogP contribution in [0, 0.1) is 0 Å². The number of aromatic nitrogens is 4. The highest BCUT2D eigenvalue weighted by atomic mass is 16.8. The molecule has 14 nitrogen and oxygen atoms in total. The number of ketones is 1. The maximum atomic E-state index is 13.8. The average molecular weight is 664 g/mol. The summed E-state index contributed by atoms with van der Waals surface area (Å²) in [5.41, 5.74) is 2.40. The van der Waals surface area contributed by atoms with Gasteiger partial charge in [-0.2, -0.15) is 0 Å². The molecule has 0 aliphatic carbocycles. The molecule has 14 heteroatoms. The number of carboxylic acids is 1. The number of imidazole rings is 1. The zero-order valence-corrected chi connectivity index (χ0v) is 26.2. The molecule has 6 unspecified atom stereocenters. The standard InChI is InChI=1S/C35H33N7O7/c43-25(17-41-14-6-11-24(41)33(44)45)27-28-29(49-34(48-28)23-13-12-21-9-4-5-10-22(21)15-23)32(47-27)42-19-39-26-30(37-18-38-31(26)42)40-35(46)36-16-20-7-2-1-3-8-20/h1-5,7-10,12-13,15,18-19,24,27-29,32,34H,6,11,14,16-17H2,(H,44,45)(H2,36,37,38,40,46). The van der Waals surface area contributed by atoms with Gasteiger partial charge in [-0.25, -0.2) is 19.7 Å². The van der Waals surface area contributed by atoms with Crippen LogP contribution in [0.4, 0.5) is 10.6 Å². The largest absolute Gasteiger partial charge is 0.480 e. The van der Waals surface area contributed by atoms with Crippen LogP contribution < -0.4 is 10.6 Å². The first-order valence-electron chi connectivity index (χ1n) is 16.1. The van der Waals surface area contributed by atoms with Crippen molar-refractivity contribution >= 4 is 45.5 Å². The Kier molecular flexibility index (Phi) is 8.21. The van der Waals surface area contributed by atoms with Gasteiger partial charge in [-0.05, 0) is 41.8 Å². The Bertz CT molecular complexity index is 2040. The highest BCUT2D eigenvalue weighted by molar-refractivity contribution is 5.96. The second kappa shape index (κ2) is 13.0. The van der Waals surface area contributed by atoms with Crippen molar-refractivity contribution in [3.63, 3.8) is 0 Å². The van der Waals surface area contributed by atoms with E-state index in [2.05, 4.69) is 25.6 Å². The lowest BCUT2D eigenvalue weighted by atomic mass is 10.1. The fourth-order valence-corrected chi connectivity index (χ4v) is 6.89. The number of aliphatic carboxylic acids is 1. The summed E-state index contributed by atoms with van der Waals surface area (Å²) in [6.07, 6.45) is -0.245. The number of carbonyl (C=O) groups is 3. The van der Waals surface area contributed by atoms with Gasteiger partial charge in [0.15, 0.2) is 35.3 Å². The number of Topliss-reactive ketones (excluding diaryl/α,β-unsaturated/α-hetero) is 1. The predicted octanol–water partition coefficient (Wildman–Crippen LogP) is 3.80. The van der Waals surface area contributed by atoms with E-state index in [0.717, 1.165) is 21.9 Å². The first-order chi connectivity index (χ1) is 23.9. The van der Waals surface area contributed by atoms with E-state index in [9.17, 15) is 19.5 Å². The molecular weight excluding hydrogens is 630 g/mol. The number of carbonyl (C=O) groups excluding carboxylic acids is 2. The quantitative estimate of drug-likeness (QED) is 0.210. The molecule has 3 aromatic carbocycles. The second-order valence-electron chi connectivity index (χ2n) is 12.4. The zero-order valence-electron chi connectivity index (χ0n) is 26.2. The molecular formula is C35H33N7O7. The molecule has 3 aliphatic heterocycles. The Labute approximate surface area is 280 Å². The van der Waals surface area contributed by atoms with Crippen LogP contribution in [0.1, 0.15) is 36.5 Å². The number of ether oxygens (including phenoxy) is 3. The number of hydrogen-bond acceptors (Lipinski definition) is 10. The molecule has 0 bridgehead atoms. The topological polar surface area (TPSA) is 170 Å². The minimum absolute atomic E-state index is 0.0966. The van der Waals surface area contributed by atoms with E-state index in [4.69, 9.17) is 14.2 Å². The summed E-state index contributed by atoms with van der Waals surface area (Å²) < 4.78 is 21.0. The number of likely N-dealkylation sites (tertiary alicyclic amines) is 1. The number of fused-ring (bicyclic) bond motifs is 3. The monoisotopic (exact) mass is 663 g/mol. The number of anilines is 1. The maximum absolute atomic E-state index is 13.8. The lowest BCUT2D eigenvalue weighted by Gasteiger charge is -2.24. The zero-order chi connectivity index (χ0) is 33.5. The van der Waals surface area contributed by atoms with Gasteiger partial charge in [-0.15, -0.1) is 0 Å². The normalized spacial score (nSPS) is 25.1. The third-order valence-corrected chi connectivity index (χ3v) is 9.28. The van der Waals surface area contributed by atoms with Crippen LogP contribution in [-0.2, 0) is 30.3 Å². The van der Waals surface area contributed by atoms with Gasteiger partial charge >= 0.3 is 12.0 Å². The van der Waals surface area contributed by atoms with Gasteiger partial charge in [-0.3, -0.25) is 24.4 Å². The average Bonchev–Trinajstić information content (AvgIpc) is 3.92. The number of rotatable bonds is 9. The Morgan fingerprint density at radius 3 is 2.53 bits per heavy atom. The fourth-order valence-electron chi connectivity index (χ4n) is 6.89. The molecule has 49 heavy (non-hydrogen) atoms. The Morgan fingerprint density at radius 2 is 1.69 bits per heavy atom. The third-order valence-electron chi connectivity index (χ3n) is 9.28. The lowest BCUT2D eigenvalue weighted by molar-refractivity contribution is -0.161. The van der Waals surface area contributed by atoms with E-state index in [-0.39, 0.29) is 18.1 Å². The Balaban J connectivity index is 1.07. The molecule has 3 aliphatic rings. The lowest BCUT2D eigenvalue weighted by Crippen LogP contribution is -2.45. The van der Waals surface area contributed by atoms with E-state index < -0.39 is 48.9 Å². The molecule has 3 saturated heterocycles. The number of carboxylic acid groups (broad SMARTS) is 1. The molecule has 250 valence electrons. The Morgan fingerprint density at radius 1 is 0.898 bits per heavy atom. The van der Waals surface area contributed by atoms with Crippen LogP contribution in [-0.4, -0.2) is 84.8 Å². The summed E-state index contributed by atoms with van der Waals surface area (Å²) in [6.45, 7) is 0.729. The van der Waals surface area contributed by atoms with Gasteiger partial charge in [0.1, 0.15) is 30.7 Å². The van der Waals surface area contributed by atoms with Crippen LogP contribution in [0.25, 0.3) is 21.9 Å². The molecule has 2 amide bonds. The summed E-state index contributed by atoms with van der Waals surface area (Å²) in [5.74, 6) is -1.05. The molecule has 0 spiro atoms. The number of amides is 2. The van der Waals surface area contributed by atoms with Crippen molar-refractivity contribution in [2.45, 2.75) is 56.3 Å². The Hall–Kier alpha value is -5.28. The fraction of sp³-hybridized carbons (Fsp3) is 0.314. The van der Waals surface area contributed by atoms with Crippen molar-refractivity contribution in [3.05, 3.63) is 96.6 Å². The van der Waals surface area contributed by atoms with Crippen molar-refractivity contribution < 1.29 is 33.7 Å². The highest BCUT2D eigenvalue weighted by Gasteiger charge is 2.56. The van der Waals surface area contributed by atoms with Gasteiger partial charge < -0.3 is 24.6 Å². The van der Waals surface area contributed by atoms with Gasteiger partial charge in [0, 0.05) is 12.1 Å². The SMILES string of the molecule is O=C(NCc1ccccc1)Nc1ncnc2c1ncn2C1OC(C(=O)CN2CCCC2C(=O)O)C2OC(c3ccc4ccccc4c3)OC21. The smallest absolute Gasteiger partial charge is 0.320 e. The number of nitrogens with one attached hydrogen (secondary N) is 2. The molecule has 3 N–H and O–H groups in total. The summed E-state index contributed by atoms with van der Waals surface area (Å²) in [6, 6.07) is 22.2. The van der Waals surface area contributed by atoms with E-state index >= 15 is 0 Å². The molecule has 0 radical (unpaired) electrons. The maximum Gasteiger partial charge on any atom is 0.320 e. The summed E-state index contributed by atoms with van der Waals surface area (Å²) >= 11 is 0. The summed E-state index contributed by atoms with van der Waals surface area (Å²) in [7, 11) is 0. The first-order valence-corrected chi connectivity index (χ1v) is 16.1. The van der Waals surface area contributed by atoms with Crippen molar-refractivity contribution in [2.24, 2.45) is 0 Å². The van der Waals surface area contributed by atoms with Crippen molar-refractivity contribution in [1.82, 2.24) is 29.7 Å². The molecule has 5 aromatic rings. The summed E-state index contributed by atoms with van der Waals surface area (Å²) in [4.78, 5) is 53.3. The van der Waals surface area contributed by atoms with Crippen LogP contribution in [0.2, 0.25) is 0 Å². The van der Waals surface area contributed by atoms with Gasteiger partial charge in [0.05, 0.1) is 12.9 Å². The van der Waals surface area contributed by atoms with E-state index in [1.54, 1.807) is 9.47 Å².